The van der Waals surface area contributed by atoms with Crippen LogP contribution in [0.5, 0.6) is 5.75 Å². The van der Waals surface area contributed by atoms with Gasteiger partial charge in [0, 0.05) is 38.8 Å². The van der Waals surface area contributed by atoms with E-state index in [9.17, 15) is 0 Å². The van der Waals surface area contributed by atoms with E-state index in [2.05, 4.69) is 51.8 Å². The highest BCUT2D eigenvalue weighted by atomic mass is 16.5. The molecule has 134 valence electrons. The summed E-state index contributed by atoms with van der Waals surface area (Å²) in [6, 6.07) is 18.5. The summed E-state index contributed by atoms with van der Waals surface area (Å²) in [7, 11) is 5.60. The Morgan fingerprint density at radius 1 is 1.04 bits per heavy atom. The maximum Gasteiger partial charge on any atom is 0.191 e. The average Bonchev–Trinajstić information content (AvgIpc) is 2.65. The third kappa shape index (κ3) is 6.47. The Morgan fingerprint density at radius 2 is 1.76 bits per heavy atom. The third-order valence-corrected chi connectivity index (χ3v) is 3.94. The van der Waals surface area contributed by atoms with Gasteiger partial charge in [-0.1, -0.05) is 48.5 Å². The molecule has 25 heavy (non-hydrogen) atoms. The van der Waals surface area contributed by atoms with E-state index in [1.54, 1.807) is 14.2 Å². The lowest BCUT2D eigenvalue weighted by molar-refractivity contribution is 0.331. The zero-order valence-corrected chi connectivity index (χ0v) is 15.3. The van der Waals surface area contributed by atoms with E-state index in [0.717, 1.165) is 36.9 Å². The average molecular weight is 340 g/mol. The van der Waals surface area contributed by atoms with Gasteiger partial charge < -0.3 is 20.3 Å². The van der Waals surface area contributed by atoms with Crippen LogP contribution in [0, 0.1) is 0 Å². The molecule has 0 unspecified atom stereocenters. The standard InChI is InChI=1S/C20H28N4O/c1-21-20(23-15-18-11-7-8-12-19(18)25-3)22-13-14-24(2)16-17-9-5-4-6-10-17/h4-12H,13-16H2,1-3H3,(H2,21,22,23). The van der Waals surface area contributed by atoms with Crippen molar-refractivity contribution in [3.63, 3.8) is 0 Å². The van der Waals surface area contributed by atoms with Crippen molar-refractivity contribution in [2.75, 3.05) is 34.3 Å². The summed E-state index contributed by atoms with van der Waals surface area (Å²) in [4.78, 5) is 6.56. The molecule has 0 fully saturated rings. The van der Waals surface area contributed by atoms with Crippen LogP contribution in [0.15, 0.2) is 59.6 Å². The fourth-order valence-corrected chi connectivity index (χ4v) is 2.59. The predicted octanol–water partition coefficient (Wildman–Crippen LogP) is 2.49. The van der Waals surface area contributed by atoms with Gasteiger partial charge in [-0.25, -0.2) is 0 Å². The normalized spacial score (nSPS) is 11.4. The van der Waals surface area contributed by atoms with Crippen LogP contribution in [0.25, 0.3) is 0 Å². The molecule has 0 saturated heterocycles. The third-order valence-electron chi connectivity index (χ3n) is 3.94. The first-order chi connectivity index (χ1) is 12.2. The lowest BCUT2D eigenvalue weighted by Gasteiger charge is -2.18. The van der Waals surface area contributed by atoms with Crippen molar-refractivity contribution in [1.29, 1.82) is 0 Å². The van der Waals surface area contributed by atoms with E-state index in [1.165, 1.54) is 5.56 Å². The van der Waals surface area contributed by atoms with Crippen molar-refractivity contribution in [2.45, 2.75) is 13.1 Å². The second-order valence-electron chi connectivity index (χ2n) is 5.89. The number of rotatable bonds is 8. The Bertz CT molecular complexity index is 658. The molecule has 2 N–H and O–H groups in total. The van der Waals surface area contributed by atoms with Gasteiger partial charge in [0.15, 0.2) is 5.96 Å². The van der Waals surface area contributed by atoms with E-state index >= 15 is 0 Å². The first-order valence-electron chi connectivity index (χ1n) is 8.52. The van der Waals surface area contributed by atoms with Gasteiger partial charge in [0.25, 0.3) is 0 Å². The van der Waals surface area contributed by atoms with E-state index in [4.69, 9.17) is 4.74 Å². The molecule has 5 nitrogen and oxygen atoms in total. The molecule has 0 radical (unpaired) electrons. The number of benzene rings is 2. The zero-order valence-electron chi connectivity index (χ0n) is 15.3. The topological polar surface area (TPSA) is 48.9 Å². The van der Waals surface area contributed by atoms with Gasteiger partial charge in [0.2, 0.25) is 0 Å². The van der Waals surface area contributed by atoms with Gasteiger partial charge in [0.1, 0.15) is 5.75 Å². The van der Waals surface area contributed by atoms with Crippen LogP contribution in [-0.4, -0.2) is 45.2 Å². The van der Waals surface area contributed by atoms with Crippen molar-refractivity contribution in [1.82, 2.24) is 15.5 Å². The number of guanidine groups is 1. The van der Waals surface area contributed by atoms with Crippen molar-refractivity contribution < 1.29 is 4.74 Å². The van der Waals surface area contributed by atoms with Gasteiger partial charge in [-0.3, -0.25) is 4.99 Å². The lowest BCUT2D eigenvalue weighted by atomic mass is 10.2. The molecule has 5 heteroatoms. The Balaban J connectivity index is 1.73. The quantitative estimate of drug-likeness (QED) is 0.573. The van der Waals surface area contributed by atoms with Crippen LogP contribution in [0.2, 0.25) is 0 Å². The number of likely N-dealkylation sites (N-methyl/N-ethyl adjacent to an activating group) is 1. The minimum atomic E-state index is 0.670. The summed E-state index contributed by atoms with van der Waals surface area (Å²) < 4.78 is 5.37. The number of nitrogens with one attached hydrogen (secondary N) is 2. The van der Waals surface area contributed by atoms with Gasteiger partial charge in [0.05, 0.1) is 7.11 Å². The molecule has 0 aromatic heterocycles. The highest BCUT2D eigenvalue weighted by Crippen LogP contribution is 2.16. The highest BCUT2D eigenvalue weighted by molar-refractivity contribution is 5.79. The molecule has 0 spiro atoms. The van der Waals surface area contributed by atoms with E-state index in [0.29, 0.717) is 6.54 Å². The van der Waals surface area contributed by atoms with Gasteiger partial charge in [-0.15, -0.1) is 0 Å². The second-order valence-corrected chi connectivity index (χ2v) is 5.89. The van der Waals surface area contributed by atoms with Crippen molar-refractivity contribution in [2.24, 2.45) is 4.99 Å². The molecule has 0 bridgehead atoms. The number of methoxy groups -OCH3 is 1. The fraction of sp³-hybridized carbons (Fsp3) is 0.350. The number of hydrogen-bond acceptors (Lipinski definition) is 3. The Hall–Kier alpha value is -2.53. The highest BCUT2D eigenvalue weighted by Gasteiger charge is 2.04. The van der Waals surface area contributed by atoms with Crippen LogP contribution >= 0.6 is 0 Å². The van der Waals surface area contributed by atoms with E-state index in [1.807, 2.05) is 30.3 Å². The molecular formula is C20H28N4O. The molecule has 2 rings (SSSR count). The monoisotopic (exact) mass is 340 g/mol. The molecule has 0 amide bonds. The molecular weight excluding hydrogens is 312 g/mol. The van der Waals surface area contributed by atoms with E-state index < -0.39 is 0 Å². The maximum atomic E-state index is 5.37. The smallest absolute Gasteiger partial charge is 0.191 e. The second kappa shape index (κ2) is 10.4. The molecule has 0 atom stereocenters. The van der Waals surface area contributed by atoms with Gasteiger partial charge in [-0.2, -0.15) is 0 Å². The number of ether oxygens (including phenoxy) is 1. The minimum Gasteiger partial charge on any atom is -0.496 e. The molecule has 0 aliphatic rings. The van der Waals surface area contributed by atoms with Crippen LogP contribution in [0.4, 0.5) is 0 Å². The minimum absolute atomic E-state index is 0.670. The summed E-state index contributed by atoms with van der Waals surface area (Å²) in [6.07, 6.45) is 0. The van der Waals surface area contributed by atoms with E-state index in [-0.39, 0.29) is 0 Å². The Labute approximate surface area is 150 Å². The van der Waals surface area contributed by atoms with Crippen LogP contribution in [0.1, 0.15) is 11.1 Å². The molecule has 2 aromatic rings. The molecule has 0 aliphatic carbocycles. The molecule has 0 aliphatic heterocycles. The van der Waals surface area contributed by atoms with Crippen molar-refractivity contribution in [3.05, 3.63) is 65.7 Å². The van der Waals surface area contributed by atoms with Crippen LogP contribution < -0.4 is 15.4 Å². The predicted molar refractivity (Wildman–Crippen MR) is 104 cm³/mol. The number of nitrogens with zero attached hydrogens (tertiary/aromatic N) is 2. The van der Waals surface area contributed by atoms with Crippen LogP contribution in [-0.2, 0) is 13.1 Å². The molecule has 0 saturated carbocycles. The van der Waals surface area contributed by atoms with Crippen LogP contribution in [0.3, 0.4) is 0 Å². The summed E-state index contributed by atoms with van der Waals surface area (Å²) in [5.74, 6) is 1.67. The van der Waals surface area contributed by atoms with Crippen molar-refractivity contribution in [3.8, 4) is 5.75 Å². The summed E-state index contributed by atoms with van der Waals surface area (Å²) in [5, 5.41) is 6.67. The van der Waals surface area contributed by atoms with Gasteiger partial charge >= 0.3 is 0 Å². The maximum absolute atomic E-state index is 5.37. The summed E-state index contributed by atoms with van der Waals surface area (Å²) in [6.45, 7) is 3.37. The SMILES string of the molecule is CN=C(NCCN(C)Cc1ccccc1)NCc1ccccc1OC. The fourth-order valence-electron chi connectivity index (χ4n) is 2.59. The summed E-state index contributed by atoms with van der Waals surface area (Å²) in [5.41, 5.74) is 2.43. The Morgan fingerprint density at radius 3 is 2.48 bits per heavy atom. The molecule has 2 aromatic carbocycles. The number of hydrogen-bond donors (Lipinski definition) is 2. The first-order valence-corrected chi connectivity index (χ1v) is 8.52. The van der Waals surface area contributed by atoms with Gasteiger partial charge in [-0.05, 0) is 18.7 Å². The first kappa shape index (κ1) is 18.8. The molecule has 0 heterocycles. The zero-order chi connectivity index (χ0) is 17.9. The largest absolute Gasteiger partial charge is 0.496 e. The lowest BCUT2D eigenvalue weighted by Crippen LogP contribution is -2.40. The number of aliphatic imine (C=N–C) groups is 1. The Kier molecular flexibility index (Phi) is 7.79. The number of para-hydroxylation sites is 1. The summed E-state index contributed by atoms with van der Waals surface area (Å²) >= 11 is 0. The van der Waals surface area contributed by atoms with Crippen molar-refractivity contribution >= 4 is 5.96 Å².